The van der Waals surface area contributed by atoms with E-state index in [1.54, 1.807) is 4.67 Å². The molecule has 1 rings (SSSR count). The van der Waals surface area contributed by atoms with Gasteiger partial charge in [-0.1, -0.05) is 6.42 Å². The Balaban J connectivity index is 0.000000470. The summed E-state index contributed by atoms with van der Waals surface area (Å²) in [5.74, 6) is -0.0882. The molecule has 6 N–H and O–H groups in total. The molecule has 0 amide bonds. The molecule has 2 unspecified atom stereocenters. The van der Waals surface area contributed by atoms with E-state index in [0.29, 0.717) is 44.4 Å². The highest BCUT2D eigenvalue weighted by atomic mass is 35.5. The first-order chi connectivity index (χ1) is 11.4. The van der Waals surface area contributed by atoms with E-state index in [1.165, 1.54) is 0 Å². The van der Waals surface area contributed by atoms with Crippen molar-refractivity contribution >= 4 is 36.8 Å². The fourth-order valence-corrected chi connectivity index (χ4v) is 4.55. The molecule has 0 aromatic carbocycles. The smallest absolute Gasteiger partial charge is 0.343 e. The third-order valence-corrected chi connectivity index (χ3v) is 5.88. The lowest BCUT2D eigenvalue weighted by Crippen LogP contribution is -2.35. The molecule has 0 radical (unpaired) electrons. The number of hydrogen-bond acceptors (Lipinski definition) is 5. The average molecular weight is 407 g/mol. The highest BCUT2D eigenvalue weighted by Gasteiger charge is 2.32. The normalized spacial score (nSPS) is 21.9. The molecule has 1 fully saturated rings. The molecular weight excluding hydrogens is 378 g/mol. The Morgan fingerprint density at radius 2 is 1.96 bits per heavy atom. The number of hydrogen-bond donors (Lipinski definition) is 4. The molecule has 1 saturated heterocycles. The van der Waals surface area contributed by atoms with Gasteiger partial charge in [0.1, 0.15) is 6.04 Å². The largest absolute Gasteiger partial charge is 0.480 e. The number of halogens is 2. The summed E-state index contributed by atoms with van der Waals surface area (Å²) in [5.41, 5.74) is 10.4. The van der Waals surface area contributed by atoms with Crippen LogP contribution in [0, 0.1) is 0 Å². The van der Waals surface area contributed by atoms with Crippen LogP contribution in [0.25, 0.3) is 0 Å². The van der Waals surface area contributed by atoms with Gasteiger partial charge in [0, 0.05) is 31.4 Å². The van der Waals surface area contributed by atoms with Crippen molar-refractivity contribution in [3.63, 3.8) is 0 Å². The van der Waals surface area contributed by atoms with E-state index in [4.69, 9.17) is 44.3 Å². The molecule has 1 aliphatic heterocycles. The topological polar surface area (TPSA) is 131 Å². The number of carbonyl (C=O) groups is 1. The number of alkyl halides is 2. The lowest BCUT2D eigenvalue weighted by molar-refractivity contribution is -0.138. The summed E-state index contributed by atoms with van der Waals surface area (Å²) in [5, 5.41) is 11.2. The second-order valence-electron chi connectivity index (χ2n) is 5.18. The molecular formula is C13H29Cl2N4O4P. The van der Waals surface area contributed by atoms with E-state index in [0.717, 1.165) is 25.8 Å². The number of nitrogens with two attached hydrogens (primary N) is 2. The number of nitrogens with one attached hydrogen (secondary N) is 1. The molecule has 24 heavy (non-hydrogen) atoms. The number of nitrogens with zero attached hydrogens (tertiary/aromatic N) is 1. The monoisotopic (exact) mass is 406 g/mol. The van der Waals surface area contributed by atoms with Gasteiger partial charge >= 0.3 is 13.6 Å². The Kier molecular flexibility index (Phi) is 14.3. The Hall–Kier alpha value is 0.0800. The van der Waals surface area contributed by atoms with Gasteiger partial charge in [-0.25, -0.2) is 9.76 Å². The van der Waals surface area contributed by atoms with Crippen molar-refractivity contribution in [2.75, 3.05) is 44.5 Å². The van der Waals surface area contributed by atoms with Crippen LogP contribution < -0.4 is 16.6 Å². The van der Waals surface area contributed by atoms with Crippen LogP contribution in [0.4, 0.5) is 0 Å². The molecule has 0 bridgehead atoms. The van der Waals surface area contributed by atoms with Crippen LogP contribution in [0.3, 0.4) is 0 Å². The van der Waals surface area contributed by atoms with Crippen molar-refractivity contribution in [2.24, 2.45) is 11.5 Å². The average Bonchev–Trinajstić information content (AvgIpc) is 2.56. The second-order valence-corrected chi connectivity index (χ2v) is 8.11. The molecule has 8 nitrogen and oxygen atoms in total. The maximum atomic E-state index is 12.2. The summed E-state index contributed by atoms with van der Waals surface area (Å²) in [6, 6.07) is -0.716. The van der Waals surface area contributed by atoms with Crippen LogP contribution in [0.1, 0.15) is 25.7 Å². The Bertz CT molecular complexity index is 377. The summed E-state index contributed by atoms with van der Waals surface area (Å²) < 4.78 is 19.2. The van der Waals surface area contributed by atoms with Crippen molar-refractivity contribution < 1.29 is 19.0 Å². The van der Waals surface area contributed by atoms with Crippen LogP contribution in [0.5, 0.6) is 0 Å². The third-order valence-electron chi connectivity index (χ3n) is 3.24. The maximum absolute atomic E-state index is 12.2. The third kappa shape index (κ3) is 10.2. The molecule has 0 aromatic heterocycles. The van der Waals surface area contributed by atoms with Crippen LogP contribution in [-0.4, -0.2) is 66.3 Å². The minimum absolute atomic E-state index is 0.423. The van der Waals surface area contributed by atoms with Crippen LogP contribution in [0.15, 0.2) is 0 Å². The van der Waals surface area contributed by atoms with Gasteiger partial charge in [-0.3, -0.25) is 9.36 Å². The molecule has 0 spiro atoms. The minimum atomic E-state index is -2.84. The number of rotatable bonds is 10. The summed E-state index contributed by atoms with van der Waals surface area (Å²) in [4.78, 5) is 10.1. The first-order valence-electron chi connectivity index (χ1n) is 7.96. The number of aliphatic carboxylic acids is 1. The quantitative estimate of drug-likeness (QED) is 0.243. The molecule has 0 aromatic rings. The lowest BCUT2D eigenvalue weighted by atomic mass is 10.1. The van der Waals surface area contributed by atoms with Gasteiger partial charge in [0.15, 0.2) is 0 Å². The zero-order valence-electron chi connectivity index (χ0n) is 13.8. The molecule has 11 heteroatoms. The minimum Gasteiger partial charge on any atom is -0.480 e. The summed E-state index contributed by atoms with van der Waals surface area (Å²) in [6.07, 6.45) is 3.05. The molecule has 0 aliphatic carbocycles. The van der Waals surface area contributed by atoms with E-state index in [-0.39, 0.29) is 0 Å². The fourth-order valence-electron chi connectivity index (χ4n) is 1.91. The molecule has 2 atom stereocenters. The second kappa shape index (κ2) is 14.3. The van der Waals surface area contributed by atoms with E-state index in [9.17, 15) is 9.36 Å². The van der Waals surface area contributed by atoms with Gasteiger partial charge in [-0.2, -0.15) is 0 Å². The van der Waals surface area contributed by atoms with E-state index in [1.807, 2.05) is 0 Å². The summed E-state index contributed by atoms with van der Waals surface area (Å²) in [7, 11) is -2.84. The molecule has 144 valence electrons. The van der Waals surface area contributed by atoms with Gasteiger partial charge in [0.05, 0.1) is 6.61 Å². The van der Waals surface area contributed by atoms with Crippen LogP contribution >= 0.6 is 30.9 Å². The number of unbranched alkanes of at least 4 members (excludes halogenated alkanes) is 1. The Labute approximate surface area is 153 Å². The van der Waals surface area contributed by atoms with Crippen molar-refractivity contribution in [3.8, 4) is 0 Å². The van der Waals surface area contributed by atoms with Crippen molar-refractivity contribution in [3.05, 3.63) is 0 Å². The molecule has 1 heterocycles. The Morgan fingerprint density at radius 3 is 2.38 bits per heavy atom. The van der Waals surface area contributed by atoms with Gasteiger partial charge in [-0.15, -0.1) is 23.2 Å². The first-order valence-corrected chi connectivity index (χ1v) is 10.6. The van der Waals surface area contributed by atoms with Crippen molar-refractivity contribution in [1.82, 2.24) is 9.76 Å². The summed E-state index contributed by atoms with van der Waals surface area (Å²) in [6.45, 7) is 2.91. The van der Waals surface area contributed by atoms with Crippen LogP contribution in [-0.2, 0) is 13.9 Å². The first kappa shape index (κ1) is 24.1. The lowest BCUT2D eigenvalue weighted by Gasteiger charge is -2.33. The number of carboxylic acids is 1. The summed E-state index contributed by atoms with van der Waals surface area (Å²) >= 11 is 11.2. The van der Waals surface area contributed by atoms with Gasteiger partial charge in [0.25, 0.3) is 0 Å². The number of carboxylic acid groups (broad SMARTS) is 1. The van der Waals surface area contributed by atoms with E-state index in [2.05, 4.69) is 5.09 Å². The Morgan fingerprint density at radius 1 is 1.33 bits per heavy atom. The van der Waals surface area contributed by atoms with E-state index < -0.39 is 19.7 Å². The predicted molar refractivity (Wildman–Crippen MR) is 97.7 cm³/mol. The predicted octanol–water partition coefficient (Wildman–Crippen LogP) is 1.41. The van der Waals surface area contributed by atoms with Crippen molar-refractivity contribution in [2.45, 2.75) is 31.7 Å². The van der Waals surface area contributed by atoms with Gasteiger partial charge in [0.2, 0.25) is 0 Å². The molecule has 1 aliphatic rings. The standard InChI is InChI=1S/C7H15Cl2N2O2P.C6H14N2O2/c8-2-5-11(6-3-9)14(12)10-4-1-7-13-14;7-4-2-1-3-5(8)6(9)10/h1-7H2,(H,10,12);5H,1-4,7-8H2,(H,9,10). The zero-order valence-corrected chi connectivity index (χ0v) is 16.2. The van der Waals surface area contributed by atoms with Gasteiger partial charge < -0.3 is 21.1 Å². The zero-order chi connectivity index (χ0) is 18.4. The van der Waals surface area contributed by atoms with Gasteiger partial charge in [-0.05, 0) is 25.8 Å². The highest BCUT2D eigenvalue weighted by Crippen LogP contribution is 2.48. The SMILES string of the molecule is NCCCCC(N)C(=O)O.O=P1(N(CCCl)CCCl)NCCCO1. The van der Waals surface area contributed by atoms with Crippen molar-refractivity contribution in [1.29, 1.82) is 0 Å². The fraction of sp³-hybridized carbons (Fsp3) is 0.923. The van der Waals surface area contributed by atoms with E-state index >= 15 is 0 Å². The maximum Gasteiger partial charge on any atom is 0.343 e. The highest BCUT2D eigenvalue weighted by molar-refractivity contribution is 7.54. The molecule has 0 saturated carbocycles. The van der Waals surface area contributed by atoms with Crippen LogP contribution in [0.2, 0.25) is 0 Å².